The van der Waals surface area contributed by atoms with E-state index in [1.54, 1.807) is 18.2 Å². The van der Waals surface area contributed by atoms with Crippen LogP contribution >= 0.6 is 0 Å². The zero-order valence-corrected chi connectivity index (χ0v) is 17.3. The van der Waals surface area contributed by atoms with Crippen LogP contribution in [0, 0.1) is 11.6 Å². The molecule has 0 aliphatic carbocycles. The van der Waals surface area contributed by atoms with Crippen LogP contribution in [0.4, 0.5) is 14.5 Å². The zero-order valence-electron chi connectivity index (χ0n) is 17.3. The summed E-state index contributed by atoms with van der Waals surface area (Å²) in [6.45, 7) is 6.71. The number of phenols is 1. The van der Waals surface area contributed by atoms with Gasteiger partial charge in [0.15, 0.2) is 17.5 Å². The van der Waals surface area contributed by atoms with Gasteiger partial charge in [-0.3, -0.25) is 0 Å². The molecule has 0 bridgehead atoms. The molecule has 1 saturated heterocycles. The van der Waals surface area contributed by atoms with Gasteiger partial charge in [-0.15, -0.1) is 0 Å². The van der Waals surface area contributed by atoms with Gasteiger partial charge in [0.25, 0.3) is 0 Å². The van der Waals surface area contributed by atoms with Gasteiger partial charge in [0.2, 0.25) is 0 Å². The fourth-order valence-corrected chi connectivity index (χ4v) is 3.45. The largest absolute Gasteiger partial charge is 0.504 e. The molecule has 2 aromatic carbocycles. The highest BCUT2D eigenvalue weighted by Crippen LogP contribution is 2.27. The Labute approximate surface area is 175 Å². The second-order valence-electron chi connectivity index (χ2n) is 7.10. The summed E-state index contributed by atoms with van der Waals surface area (Å²) < 4.78 is 32.7. The fourth-order valence-electron chi connectivity index (χ4n) is 3.45. The van der Waals surface area contributed by atoms with Gasteiger partial charge in [-0.05, 0) is 50.1 Å². The lowest BCUT2D eigenvalue weighted by atomic mass is 10.2. The molecule has 1 heterocycles. The van der Waals surface area contributed by atoms with Crippen LogP contribution in [-0.4, -0.2) is 43.3 Å². The normalized spacial score (nSPS) is 16.6. The van der Waals surface area contributed by atoms with Crippen molar-refractivity contribution in [1.29, 1.82) is 0 Å². The summed E-state index contributed by atoms with van der Waals surface area (Å²) in [5.74, 6) is 0.0848. The molecule has 0 amide bonds. The minimum atomic E-state index is -0.576. The molecule has 0 saturated carbocycles. The van der Waals surface area contributed by atoms with Crippen LogP contribution in [0.3, 0.4) is 0 Å². The van der Waals surface area contributed by atoms with Gasteiger partial charge < -0.3 is 25.4 Å². The third kappa shape index (κ3) is 5.52. The summed E-state index contributed by atoms with van der Waals surface area (Å²) in [5.41, 5.74) is 1.32. The first-order valence-corrected chi connectivity index (χ1v) is 10.2. The molecule has 30 heavy (non-hydrogen) atoms. The molecule has 3 N–H and O–H groups in total. The van der Waals surface area contributed by atoms with Crippen molar-refractivity contribution in [3.63, 3.8) is 0 Å². The number of benzene rings is 2. The molecule has 1 atom stereocenters. The topological polar surface area (TPSA) is 69.1 Å². The maximum absolute atomic E-state index is 14.1. The summed E-state index contributed by atoms with van der Waals surface area (Å²) in [6.07, 6.45) is 0.814. The summed E-state index contributed by atoms with van der Waals surface area (Å²) in [7, 11) is 0. The monoisotopic (exact) mass is 418 g/mol. The Balaban J connectivity index is 1.63. The predicted octanol–water partition coefficient (Wildman–Crippen LogP) is 3.40. The molecule has 6 nitrogen and oxygen atoms in total. The SMILES string of the molecule is CCNC(=NCc1ccc(O)c(OCC)c1)NC1CCN(c2ccc(F)cc2F)C1. The fraction of sp³-hybridized carbons (Fsp3) is 0.409. The van der Waals surface area contributed by atoms with Crippen molar-refractivity contribution in [2.45, 2.75) is 32.9 Å². The van der Waals surface area contributed by atoms with Crippen molar-refractivity contribution in [2.24, 2.45) is 4.99 Å². The zero-order chi connectivity index (χ0) is 21.5. The van der Waals surface area contributed by atoms with Gasteiger partial charge in [0, 0.05) is 31.7 Å². The van der Waals surface area contributed by atoms with Gasteiger partial charge in [-0.2, -0.15) is 0 Å². The second-order valence-corrected chi connectivity index (χ2v) is 7.10. The Hall–Kier alpha value is -3.03. The molecule has 1 aliphatic heterocycles. The highest BCUT2D eigenvalue weighted by Gasteiger charge is 2.25. The number of nitrogens with one attached hydrogen (secondary N) is 2. The molecular formula is C22H28F2N4O2. The molecule has 2 aromatic rings. The lowest BCUT2D eigenvalue weighted by molar-refractivity contribution is 0.318. The number of hydrogen-bond acceptors (Lipinski definition) is 4. The number of aliphatic imine (C=N–C) groups is 1. The van der Waals surface area contributed by atoms with Crippen molar-refractivity contribution in [1.82, 2.24) is 10.6 Å². The van der Waals surface area contributed by atoms with Crippen LogP contribution in [0.25, 0.3) is 0 Å². The van der Waals surface area contributed by atoms with E-state index in [4.69, 9.17) is 4.74 Å². The van der Waals surface area contributed by atoms with E-state index in [1.807, 2.05) is 18.7 Å². The van der Waals surface area contributed by atoms with Gasteiger partial charge >= 0.3 is 0 Å². The second kappa shape index (κ2) is 10.1. The van der Waals surface area contributed by atoms with Crippen molar-refractivity contribution < 1.29 is 18.6 Å². The van der Waals surface area contributed by atoms with Crippen LogP contribution in [0.5, 0.6) is 11.5 Å². The highest BCUT2D eigenvalue weighted by molar-refractivity contribution is 5.80. The molecule has 0 spiro atoms. The molecule has 1 fully saturated rings. The van der Waals surface area contributed by atoms with E-state index in [1.165, 1.54) is 12.1 Å². The van der Waals surface area contributed by atoms with Gasteiger partial charge in [0.1, 0.15) is 11.6 Å². The van der Waals surface area contributed by atoms with E-state index < -0.39 is 11.6 Å². The predicted molar refractivity (Wildman–Crippen MR) is 114 cm³/mol. The van der Waals surface area contributed by atoms with Crippen LogP contribution in [0.15, 0.2) is 41.4 Å². The summed E-state index contributed by atoms with van der Waals surface area (Å²) >= 11 is 0. The number of nitrogens with zero attached hydrogens (tertiary/aromatic N) is 2. The van der Waals surface area contributed by atoms with E-state index in [2.05, 4.69) is 15.6 Å². The minimum Gasteiger partial charge on any atom is -0.504 e. The molecule has 0 radical (unpaired) electrons. The quantitative estimate of drug-likeness (QED) is 0.475. The van der Waals surface area contributed by atoms with Crippen LogP contribution in [0.1, 0.15) is 25.8 Å². The number of ether oxygens (including phenoxy) is 1. The van der Waals surface area contributed by atoms with Crippen molar-refractivity contribution in [3.8, 4) is 11.5 Å². The summed E-state index contributed by atoms with van der Waals surface area (Å²) in [5, 5.41) is 16.4. The molecule has 3 rings (SSSR count). The number of aromatic hydroxyl groups is 1. The first-order valence-electron chi connectivity index (χ1n) is 10.2. The van der Waals surface area contributed by atoms with Gasteiger partial charge in [-0.1, -0.05) is 6.07 Å². The van der Waals surface area contributed by atoms with E-state index in [0.717, 1.165) is 18.1 Å². The van der Waals surface area contributed by atoms with Crippen LogP contribution in [0.2, 0.25) is 0 Å². The Morgan fingerprint density at radius 3 is 2.80 bits per heavy atom. The summed E-state index contributed by atoms with van der Waals surface area (Å²) in [4.78, 5) is 6.53. The third-order valence-corrected chi connectivity index (χ3v) is 4.87. The van der Waals surface area contributed by atoms with E-state index >= 15 is 0 Å². The van der Waals surface area contributed by atoms with Gasteiger partial charge in [-0.25, -0.2) is 13.8 Å². The molecule has 8 heteroatoms. The van der Waals surface area contributed by atoms with E-state index in [9.17, 15) is 13.9 Å². The van der Waals surface area contributed by atoms with Gasteiger partial charge in [0.05, 0.1) is 18.8 Å². The standard InChI is InChI=1S/C22H28F2N4O2/c1-3-25-22(26-13-15-5-8-20(29)21(11-15)30-4-2)27-17-9-10-28(14-17)19-7-6-16(23)12-18(19)24/h5-8,11-12,17,29H,3-4,9-10,13-14H2,1-2H3,(H2,25,26,27). The molecule has 0 aromatic heterocycles. The first kappa shape index (κ1) is 21.7. The Morgan fingerprint density at radius 1 is 1.23 bits per heavy atom. The lowest BCUT2D eigenvalue weighted by Gasteiger charge is -2.21. The lowest BCUT2D eigenvalue weighted by Crippen LogP contribution is -2.44. The van der Waals surface area contributed by atoms with E-state index in [0.29, 0.717) is 50.2 Å². The number of rotatable bonds is 7. The van der Waals surface area contributed by atoms with Crippen molar-refractivity contribution in [2.75, 3.05) is 31.1 Å². The van der Waals surface area contributed by atoms with E-state index in [-0.39, 0.29) is 11.8 Å². The average molecular weight is 418 g/mol. The number of hydrogen-bond donors (Lipinski definition) is 3. The number of anilines is 1. The maximum Gasteiger partial charge on any atom is 0.191 e. The van der Waals surface area contributed by atoms with Crippen LogP contribution in [-0.2, 0) is 6.54 Å². The molecule has 1 unspecified atom stereocenters. The van der Waals surface area contributed by atoms with Crippen molar-refractivity contribution >= 4 is 11.6 Å². The smallest absolute Gasteiger partial charge is 0.191 e. The highest BCUT2D eigenvalue weighted by atomic mass is 19.1. The average Bonchev–Trinajstić information content (AvgIpc) is 3.17. The number of phenolic OH excluding ortho intramolecular Hbond substituents is 1. The molecule has 162 valence electrons. The number of halogens is 2. The molecule has 1 aliphatic rings. The minimum absolute atomic E-state index is 0.0889. The molecular weight excluding hydrogens is 390 g/mol. The first-order chi connectivity index (χ1) is 14.5. The Morgan fingerprint density at radius 2 is 2.07 bits per heavy atom. The summed E-state index contributed by atoms with van der Waals surface area (Å²) in [6, 6.07) is 8.94. The van der Waals surface area contributed by atoms with Crippen LogP contribution < -0.4 is 20.3 Å². The third-order valence-electron chi connectivity index (χ3n) is 4.87. The Bertz CT molecular complexity index is 891. The maximum atomic E-state index is 14.1. The Kier molecular flexibility index (Phi) is 7.32. The number of guanidine groups is 1. The van der Waals surface area contributed by atoms with Crippen molar-refractivity contribution in [3.05, 3.63) is 53.6 Å².